The molecule has 0 saturated heterocycles. The second-order valence-corrected chi connectivity index (χ2v) is 6.74. The maximum atomic E-state index is 6.40. The minimum absolute atomic E-state index is 0.0946. The lowest BCUT2D eigenvalue weighted by atomic mass is 10.1. The van der Waals surface area contributed by atoms with Crippen LogP contribution < -0.4 is 4.74 Å². The molecule has 1 aliphatic rings. The first kappa shape index (κ1) is 14.7. The van der Waals surface area contributed by atoms with Gasteiger partial charge in [0.05, 0.1) is 17.5 Å². The van der Waals surface area contributed by atoms with Crippen LogP contribution in [-0.2, 0) is 0 Å². The SMILES string of the molecule is CCOc1cccc2c1nc(C(C)Cl)n2C1CCC(C)C1. The molecule has 3 unspecified atom stereocenters. The molecule has 1 aromatic heterocycles. The number of alkyl halides is 1. The van der Waals surface area contributed by atoms with Gasteiger partial charge in [0.1, 0.15) is 17.1 Å². The van der Waals surface area contributed by atoms with Gasteiger partial charge in [-0.1, -0.05) is 13.0 Å². The quantitative estimate of drug-likeness (QED) is 0.735. The monoisotopic (exact) mass is 306 g/mol. The molecule has 3 nitrogen and oxygen atoms in total. The summed E-state index contributed by atoms with van der Waals surface area (Å²) in [6.45, 7) is 6.98. The normalized spacial score (nSPS) is 23.6. The van der Waals surface area contributed by atoms with Gasteiger partial charge >= 0.3 is 0 Å². The predicted molar refractivity (Wildman–Crippen MR) is 87.2 cm³/mol. The van der Waals surface area contributed by atoms with Crippen LogP contribution in [-0.4, -0.2) is 16.2 Å². The zero-order valence-electron chi connectivity index (χ0n) is 13.0. The second-order valence-electron chi connectivity index (χ2n) is 6.08. The van der Waals surface area contributed by atoms with Crippen molar-refractivity contribution in [2.45, 2.75) is 51.5 Å². The van der Waals surface area contributed by atoms with Crippen LogP contribution in [0.2, 0.25) is 0 Å². The Balaban J connectivity index is 2.16. The molecule has 114 valence electrons. The summed E-state index contributed by atoms with van der Waals surface area (Å²) < 4.78 is 8.09. The van der Waals surface area contributed by atoms with Gasteiger partial charge in [0.25, 0.3) is 0 Å². The van der Waals surface area contributed by atoms with E-state index < -0.39 is 0 Å². The van der Waals surface area contributed by atoms with Crippen LogP contribution in [0.5, 0.6) is 5.75 Å². The van der Waals surface area contributed by atoms with Crippen molar-refractivity contribution in [2.24, 2.45) is 5.92 Å². The van der Waals surface area contributed by atoms with Gasteiger partial charge in [0.15, 0.2) is 0 Å². The third-order valence-corrected chi connectivity index (χ3v) is 4.59. The van der Waals surface area contributed by atoms with Gasteiger partial charge in [0, 0.05) is 6.04 Å². The summed E-state index contributed by atoms with van der Waals surface area (Å²) in [7, 11) is 0. The van der Waals surface area contributed by atoms with E-state index in [0.717, 1.165) is 28.5 Å². The van der Waals surface area contributed by atoms with Gasteiger partial charge in [-0.3, -0.25) is 0 Å². The smallest absolute Gasteiger partial charge is 0.147 e. The van der Waals surface area contributed by atoms with E-state index in [1.807, 2.05) is 26.0 Å². The van der Waals surface area contributed by atoms with Crippen LogP contribution in [0.4, 0.5) is 0 Å². The molecular weight excluding hydrogens is 284 g/mol. The molecule has 1 saturated carbocycles. The van der Waals surface area contributed by atoms with E-state index in [4.69, 9.17) is 21.3 Å². The summed E-state index contributed by atoms with van der Waals surface area (Å²) in [5, 5.41) is -0.0946. The lowest BCUT2D eigenvalue weighted by Gasteiger charge is -2.18. The zero-order chi connectivity index (χ0) is 15.0. The Kier molecular flexibility index (Phi) is 4.12. The van der Waals surface area contributed by atoms with E-state index in [-0.39, 0.29) is 5.38 Å². The van der Waals surface area contributed by atoms with Gasteiger partial charge in [-0.25, -0.2) is 4.98 Å². The molecule has 0 amide bonds. The Bertz CT molecular complexity index is 635. The van der Waals surface area contributed by atoms with Crippen molar-refractivity contribution >= 4 is 22.6 Å². The zero-order valence-corrected chi connectivity index (χ0v) is 13.7. The molecule has 3 atom stereocenters. The molecular formula is C17H23ClN2O. The first-order valence-corrected chi connectivity index (χ1v) is 8.33. The number of fused-ring (bicyclic) bond motifs is 1. The molecule has 0 aliphatic heterocycles. The number of halogens is 1. The Labute approximate surface area is 131 Å². The van der Waals surface area contributed by atoms with E-state index in [2.05, 4.69) is 17.6 Å². The van der Waals surface area contributed by atoms with Crippen molar-refractivity contribution in [3.05, 3.63) is 24.0 Å². The third kappa shape index (κ3) is 2.64. The Hall–Kier alpha value is -1.22. The van der Waals surface area contributed by atoms with E-state index >= 15 is 0 Å². The van der Waals surface area contributed by atoms with Crippen molar-refractivity contribution in [3.8, 4) is 5.75 Å². The molecule has 1 aliphatic carbocycles. The molecule has 0 radical (unpaired) electrons. The lowest BCUT2D eigenvalue weighted by molar-refractivity contribution is 0.343. The first-order chi connectivity index (χ1) is 10.1. The highest BCUT2D eigenvalue weighted by atomic mass is 35.5. The van der Waals surface area contributed by atoms with Crippen molar-refractivity contribution in [2.75, 3.05) is 6.61 Å². The molecule has 2 aromatic rings. The van der Waals surface area contributed by atoms with E-state index in [1.54, 1.807) is 0 Å². The number of benzene rings is 1. The van der Waals surface area contributed by atoms with Crippen molar-refractivity contribution in [3.63, 3.8) is 0 Å². The molecule has 4 heteroatoms. The average Bonchev–Trinajstić information content (AvgIpc) is 3.03. The highest BCUT2D eigenvalue weighted by Gasteiger charge is 2.28. The number of para-hydroxylation sites is 1. The van der Waals surface area contributed by atoms with Crippen molar-refractivity contribution in [1.82, 2.24) is 9.55 Å². The fraction of sp³-hybridized carbons (Fsp3) is 0.588. The Morgan fingerprint density at radius 2 is 2.24 bits per heavy atom. The summed E-state index contributed by atoms with van der Waals surface area (Å²) in [5.41, 5.74) is 2.10. The molecule has 1 aromatic carbocycles. The minimum Gasteiger partial charge on any atom is -0.492 e. The highest BCUT2D eigenvalue weighted by Crippen LogP contribution is 2.40. The molecule has 3 rings (SSSR count). The molecule has 0 N–H and O–H groups in total. The number of ether oxygens (including phenoxy) is 1. The summed E-state index contributed by atoms with van der Waals surface area (Å²) >= 11 is 6.40. The average molecular weight is 307 g/mol. The molecule has 1 fully saturated rings. The number of rotatable bonds is 4. The van der Waals surface area contributed by atoms with Gasteiger partial charge in [-0.05, 0) is 51.2 Å². The molecule has 0 spiro atoms. The van der Waals surface area contributed by atoms with Crippen molar-refractivity contribution < 1.29 is 4.74 Å². The van der Waals surface area contributed by atoms with Crippen LogP contribution in [0.25, 0.3) is 11.0 Å². The standard InChI is InChI=1S/C17H23ClN2O/c1-4-21-15-7-5-6-14-16(15)19-17(12(3)18)20(14)13-9-8-11(2)10-13/h5-7,11-13H,4,8-10H2,1-3H3. The fourth-order valence-corrected chi connectivity index (χ4v) is 3.61. The van der Waals surface area contributed by atoms with Gasteiger partial charge in [-0.15, -0.1) is 11.6 Å². The van der Waals surface area contributed by atoms with Gasteiger partial charge < -0.3 is 9.30 Å². The summed E-state index contributed by atoms with van der Waals surface area (Å²) in [4.78, 5) is 4.81. The summed E-state index contributed by atoms with van der Waals surface area (Å²) in [5.74, 6) is 2.61. The Morgan fingerprint density at radius 1 is 1.43 bits per heavy atom. The number of nitrogens with zero attached hydrogens (tertiary/aromatic N) is 2. The third-order valence-electron chi connectivity index (χ3n) is 4.40. The minimum atomic E-state index is -0.0946. The first-order valence-electron chi connectivity index (χ1n) is 7.89. The van der Waals surface area contributed by atoms with Crippen LogP contribution in [0, 0.1) is 5.92 Å². The van der Waals surface area contributed by atoms with E-state index in [0.29, 0.717) is 12.6 Å². The topological polar surface area (TPSA) is 27.1 Å². The largest absolute Gasteiger partial charge is 0.492 e. The fourth-order valence-electron chi connectivity index (χ4n) is 3.46. The van der Waals surface area contributed by atoms with Crippen LogP contribution in [0.3, 0.4) is 0 Å². The predicted octanol–water partition coefficient (Wildman–Crippen LogP) is 5.10. The van der Waals surface area contributed by atoms with Crippen LogP contribution >= 0.6 is 11.6 Å². The summed E-state index contributed by atoms with van der Waals surface area (Å²) in [6.07, 6.45) is 3.70. The van der Waals surface area contributed by atoms with Crippen LogP contribution in [0.15, 0.2) is 18.2 Å². The maximum absolute atomic E-state index is 6.40. The van der Waals surface area contributed by atoms with E-state index in [9.17, 15) is 0 Å². The highest BCUT2D eigenvalue weighted by molar-refractivity contribution is 6.20. The van der Waals surface area contributed by atoms with Crippen molar-refractivity contribution in [1.29, 1.82) is 0 Å². The molecule has 1 heterocycles. The Morgan fingerprint density at radius 3 is 2.86 bits per heavy atom. The second kappa shape index (κ2) is 5.88. The number of hydrogen-bond acceptors (Lipinski definition) is 2. The molecule has 0 bridgehead atoms. The number of aromatic nitrogens is 2. The number of hydrogen-bond donors (Lipinski definition) is 0. The summed E-state index contributed by atoms with van der Waals surface area (Å²) in [6, 6.07) is 6.69. The number of imidazole rings is 1. The van der Waals surface area contributed by atoms with Crippen LogP contribution in [0.1, 0.15) is 57.3 Å². The lowest BCUT2D eigenvalue weighted by Crippen LogP contribution is -2.10. The maximum Gasteiger partial charge on any atom is 0.147 e. The van der Waals surface area contributed by atoms with E-state index in [1.165, 1.54) is 19.3 Å². The molecule has 21 heavy (non-hydrogen) atoms. The van der Waals surface area contributed by atoms with Gasteiger partial charge in [0.2, 0.25) is 0 Å². The van der Waals surface area contributed by atoms with Gasteiger partial charge in [-0.2, -0.15) is 0 Å².